The van der Waals surface area contributed by atoms with Crippen molar-refractivity contribution in [2.45, 2.75) is 72.3 Å². The Hall–Kier alpha value is -0.960. The first-order valence-corrected chi connectivity index (χ1v) is 10.1. The maximum atomic E-state index is 12.2. The summed E-state index contributed by atoms with van der Waals surface area (Å²) in [5.41, 5.74) is 1.19. The fourth-order valence-corrected chi connectivity index (χ4v) is 7.79. The van der Waals surface area contributed by atoms with Gasteiger partial charge in [0.2, 0.25) is 0 Å². The van der Waals surface area contributed by atoms with E-state index in [2.05, 4.69) is 20.8 Å². The monoisotopic (exact) mass is 344 g/mol. The summed E-state index contributed by atoms with van der Waals surface area (Å²) in [5, 5.41) is 11.2. The van der Waals surface area contributed by atoms with E-state index in [1.165, 1.54) is 5.57 Å². The van der Waals surface area contributed by atoms with E-state index >= 15 is 0 Å². The van der Waals surface area contributed by atoms with Gasteiger partial charge >= 0.3 is 0 Å². The van der Waals surface area contributed by atoms with Crippen molar-refractivity contribution >= 4 is 11.6 Å². The first-order chi connectivity index (χ1) is 11.7. The number of aliphatic hydroxyl groups excluding tert-OH is 1. The Morgan fingerprint density at radius 1 is 1.28 bits per heavy atom. The maximum absolute atomic E-state index is 12.2. The lowest BCUT2D eigenvalue weighted by Crippen LogP contribution is -2.58. The van der Waals surface area contributed by atoms with E-state index in [9.17, 15) is 14.7 Å². The van der Waals surface area contributed by atoms with E-state index < -0.39 is 0 Å². The minimum atomic E-state index is -0.361. The van der Waals surface area contributed by atoms with Crippen LogP contribution in [0.4, 0.5) is 0 Å². The molecule has 4 rings (SSSR count). The molecular formula is C22H32O3. The number of Topliss-reactive ketones (excluding diaryl/α,β-unsaturated/α-hetero) is 1. The number of ketones is 2. The van der Waals surface area contributed by atoms with Crippen molar-refractivity contribution in [3.63, 3.8) is 0 Å². The minimum absolute atomic E-state index is 0.0474. The van der Waals surface area contributed by atoms with E-state index in [1.54, 1.807) is 6.92 Å². The summed E-state index contributed by atoms with van der Waals surface area (Å²) in [5.74, 6) is 2.33. The molecule has 3 nitrogen and oxygen atoms in total. The molecule has 3 fully saturated rings. The third-order valence-corrected chi connectivity index (χ3v) is 8.70. The van der Waals surface area contributed by atoms with Crippen molar-refractivity contribution < 1.29 is 14.7 Å². The van der Waals surface area contributed by atoms with Crippen LogP contribution in [0.2, 0.25) is 0 Å². The average Bonchev–Trinajstić information content (AvgIpc) is 2.85. The van der Waals surface area contributed by atoms with E-state index in [1.807, 2.05) is 6.08 Å². The van der Waals surface area contributed by atoms with Crippen LogP contribution in [0.1, 0.15) is 66.2 Å². The van der Waals surface area contributed by atoms with Gasteiger partial charge in [0.15, 0.2) is 5.78 Å². The van der Waals surface area contributed by atoms with Crippen molar-refractivity contribution in [3.8, 4) is 0 Å². The Morgan fingerprint density at radius 3 is 2.68 bits per heavy atom. The summed E-state index contributed by atoms with van der Waals surface area (Å²) < 4.78 is 0. The topological polar surface area (TPSA) is 54.4 Å². The van der Waals surface area contributed by atoms with Gasteiger partial charge in [-0.15, -0.1) is 0 Å². The normalized spacial score (nSPS) is 52.0. The van der Waals surface area contributed by atoms with Gasteiger partial charge in [-0.25, -0.2) is 0 Å². The van der Waals surface area contributed by atoms with Crippen LogP contribution in [-0.4, -0.2) is 22.8 Å². The number of rotatable bonds is 1. The molecule has 0 saturated heterocycles. The first kappa shape index (κ1) is 17.5. The molecule has 8 atom stereocenters. The molecule has 0 heterocycles. The van der Waals surface area contributed by atoms with E-state index in [4.69, 9.17) is 0 Å². The number of hydrogen-bond donors (Lipinski definition) is 1. The molecule has 25 heavy (non-hydrogen) atoms. The molecule has 1 N–H and O–H groups in total. The minimum Gasteiger partial charge on any atom is -0.393 e. The molecule has 0 aromatic rings. The first-order valence-electron chi connectivity index (χ1n) is 10.1. The number of carbonyl (C=O) groups is 2. The highest BCUT2D eigenvalue weighted by atomic mass is 16.3. The molecule has 0 bridgehead atoms. The second kappa shape index (κ2) is 5.52. The molecule has 0 amide bonds. The quantitative estimate of drug-likeness (QED) is 0.784. The Bertz CT molecular complexity index is 650. The third kappa shape index (κ3) is 2.27. The number of carbonyl (C=O) groups excluding carboxylic acids is 2. The summed E-state index contributed by atoms with van der Waals surface area (Å²) in [7, 11) is 0. The Labute approximate surface area is 151 Å². The zero-order valence-electron chi connectivity index (χ0n) is 16.0. The Kier molecular flexibility index (Phi) is 3.85. The molecular weight excluding hydrogens is 312 g/mol. The third-order valence-electron chi connectivity index (χ3n) is 8.70. The second-order valence-corrected chi connectivity index (χ2v) is 9.93. The van der Waals surface area contributed by atoms with Gasteiger partial charge in [0, 0.05) is 12.3 Å². The van der Waals surface area contributed by atoms with Gasteiger partial charge in [-0.3, -0.25) is 9.59 Å². The zero-order valence-corrected chi connectivity index (χ0v) is 16.0. The highest BCUT2D eigenvalue weighted by molar-refractivity contribution is 5.91. The largest absolute Gasteiger partial charge is 0.393 e. The van der Waals surface area contributed by atoms with Gasteiger partial charge in [0.1, 0.15) is 5.78 Å². The van der Waals surface area contributed by atoms with Gasteiger partial charge in [-0.2, -0.15) is 0 Å². The fourth-order valence-electron chi connectivity index (χ4n) is 7.79. The highest BCUT2D eigenvalue weighted by Gasteiger charge is 2.63. The average molecular weight is 344 g/mol. The molecule has 0 radical (unpaired) electrons. The van der Waals surface area contributed by atoms with E-state index in [0.29, 0.717) is 30.0 Å². The molecule has 4 aliphatic rings. The van der Waals surface area contributed by atoms with Crippen LogP contribution >= 0.6 is 0 Å². The van der Waals surface area contributed by atoms with Crippen molar-refractivity contribution in [2.75, 3.05) is 0 Å². The number of aliphatic hydroxyl groups is 1. The summed E-state index contributed by atoms with van der Waals surface area (Å²) >= 11 is 0. The molecule has 3 heteroatoms. The van der Waals surface area contributed by atoms with Gasteiger partial charge in [0.05, 0.1) is 6.10 Å². The van der Waals surface area contributed by atoms with Crippen LogP contribution < -0.4 is 0 Å². The van der Waals surface area contributed by atoms with Crippen molar-refractivity contribution in [2.24, 2.45) is 40.4 Å². The van der Waals surface area contributed by atoms with Gasteiger partial charge < -0.3 is 5.11 Å². The lowest BCUT2D eigenvalue weighted by atomic mass is 9.44. The SMILES string of the molecule is CC(=O)[C@H]1CCC2C3C[C@H](C)C4=CC(=O)CCC4(C)C3[C@@H](O)CC21C. The lowest BCUT2D eigenvalue weighted by Gasteiger charge is -2.61. The Morgan fingerprint density at radius 2 is 2.00 bits per heavy atom. The highest BCUT2D eigenvalue weighted by Crippen LogP contribution is 2.67. The second-order valence-electron chi connectivity index (χ2n) is 9.93. The van der Waals surface area contributed by atoms with Crippen LogP contribution in [0.15, 0.2) is 11.6 Å². The van der Waals surface area contributed by atoms with Crippen molar-refractivity contribution in [3.05, 3.63) is 11.6 Å². The van der Waals surface area contributed by atoms with Crippen molar-refractivity contribution in [1.82, 2.24) is 0 Å². The number of fused-ring (bicyclic) bond motifs is 5. The van der Waals surface area contributed by atoms with E-state index in [-0.39, 0.29) is 34.6 Å². The molecule has 0 spiro atoms. The zero-order chi connectivity index (χ0) is 18.1. The molecule has 5 unspecified atom stereocenters. The molecule has 138 valence electrons. The standard InChI is InChI=1S/C22H32O3/c1-12-9-15-17-6-5-16(13(2)23)22(17,4)11-19(25)20(15)21(3)8-7-14(24)10-18(12)21/h10,12,15-17,19-20,25H,5-9,11H2,1-4H3/t12-,15?,16+,17?,19-,20?,21?,22?/m0/s1. The summed E-state index contributed by atoms with van der Waals surface area (Å²) in [4.78, 5) is 24.3. The predicted octanol–water partition coefficient (Wildman–Crippen LogP) is 3.94. The summed E-state index contributed by atoms with van der Waals surface area (Å²) in [6.45, 7) is 8.55. The number of hydrogen-bond acceptors (Lipinski definition) is 3. The van der Waals surface area contributed by atoms with Crippen LogP contribution in [0.3, 0.4) is 0 Å². The van der Waals surface area contributed by atoms with Crippen LogP contribution in [-0.2, 0) is 9.59 Å². The fraction of sp³-hybridized carbons (Fsp3) is 0.818. The van der Waals surface area contributed by atoms with Crippen LogP contribution in [0, 0.1) is 40.4 Å². The lowest BCUT2D eigenvalue weighted by molar-refractivity contribution is -0.147. The van der Waals surface area contributed by atoms with Gasteiger partial charge in [-0.1, -0.05) is 26.3 Å². The van der Waals surface area contributed by atoms with E-state index in [0.717, 1.165) is 32.1 Å². The molecule has 0 aromatic heterocycles. The number of allylic oxidation sites excluding steroid dienone is 1. The van der Waals surface area contributed by atoms with Crippen LogP contribution in [0.5, 0.6) is 0 Å². The summed E-state index contributed by atoms with van der Waals surface area (Å²) in [6.07, 6.45) is 6.93. The van der Waals surface area contributed by atoms with Crippen LogP contribution in [0.25, 0.3) is 0 Å². The van der Waals surface area contributed by atoms with Gasteiger partial charge in [-0.05, 0) is 79.6 Å². The smallest absolute Gasteiger partial charge is 0.155 e. The molecule has 0 aliphatic heterocycles. The Balaban J connectivity index is 1.76. The summed E-state index contributed by atoms with van der Waals surface area (Å²) in [6, 6.07) is 0. The van der Waals surface area contributed by atoms with Crippen molar-refractivity contribution in [1.29, 1.82) is 0 Å². The maximum Gasteiger partial charge on any atom is 0.155 e. The predicted molar refractivity (Wildman–Crippen MR) is 96.8 cm³/mol. The molecule has 4 aliphatic carbocycles. The molecule has 0 aromatic carbocycles. The molecule has 3 saturated carbocycles. The van der Waals surface area contributed by atoms with Gasteiger partial charge in [0.25, 0.3) is 0 Å².